The third kappa shape index (κ3) is 3.60. The van der Waals surface area contributed by atoms with Crippen LogP contribution in [0.4, 0.5) is 0 Å². The maximum atomic E-state index is 12.2. The minimum atomic E-state index is -0.202. The van der Waals surface area contributed by atoms with E-state index in [9.17, 15) is 4.79 Å². The molecule has 2 heterocycles. The highest BCUT2D eigenvalue weighted by molar-refractivity contribution is 7.13. The predicted molar refractivity (Wildman–Crippen MR) is 88.7 cm³/mol. The van der Waals surface area contributed by atoms with Gasteiger partial charge in [-0.1, -0.05) is 12.1 Å². The number of nitrogens with zero attached hydrogens (tertiary/aromatic N) is 1. The highest BCUT2D eigenvalue weighted by atomic mass is 32.1. The molecule has 23 heavy (non-hydrogen) atoms. The van der Waals surface area contributed by atoms with Gasteiger partial charge in [-0.25, -0.2) is 4.98 Å². The molecule has 0 bridgehead atoms. The van der Waals surface area contributed by atoms with Gasteiger partial charge in [0.2, 0.25) is 0 Å². The van der Waals surface area contributed by atoms with Crippen molar-refractivity contribution in [2.45, 2.75) is 13.5 Å². The molecule has 0 aliphatic rings. The number of aromatic nitrogens is 1. The molecule has 5 nitrogen and oxygen atoms in total. The minimum absolute atomic E-state index is 0.202. The van der Waals surface area contributed by atoms with Crippen molar-refractivity contribution in [3.8, 4) is 16.5 Å². The molecule has 2 aromatic heterocycles. The van der Waals surface area contributed by atoms with Crippen LogP contribution in [0.3, 0.4) is 0 Å². The molecule has 0 saturated carbocycles. The Labute approximate surface area is 137 Å². The number of carbonyl (C=O) groups excluding carboxylic acids is 1. The number of hydrogen-bond acceptors (Lipinski definition) is 5. The summed E-state index contributed by atoms with van der Waals surface area (Å²) in [5.41, 5.74) is 1.39. The number of rotatable bonds is 5. The smallest absolute Gasteiger partial charge is 0.271 e. The van der Waals surface area contributed by atoms with Crippen LogP contribution in [0.15, 0.2) is 46.2 Å². The first-order chi connectivity index (χ1) is 11.2. The van der Waals surface area contributed by atoms with E-state index >= 15 is 0 Å². The lowest BCUT2D eigenvalue weighted by molar-refractivity contribution is 0.0946. The number of benzene rings is 1. The minimum Gasteiger partial charge on any atom is -0.497 e. The van der Waals surface area contributed by atoms with E-state index in [1.54, 1.807) is 12.5 Å². The summed E-state index contributed by atoms with van der Waals surface area (Å²) in [7, 11) is 1.62. The predicted octanol–water partition coefficient (Wildman–Crippen LogP) is 3.65. The molecule has 118 valence electrons. The number of hydrogen-bond donors (Lipinski definition) is 1. The summed E-state index contributed by atoms with van der Waals surface area (Å²) in [6.07, 6.45) is 0. The van der Waals surface area contributed by atoms with E-state index in [1.165, 1.54) is 11.3 Å². The zero-order chi connectivity index (χ0) is 16.2. The molecule has 0 aliphatic carbocycles. The van der Waals surface area contributed by atoms with Gasteiger partial charge in [0.25, 0.3) is 5.91 Å². The van der Waals surface area contributed by atoms with E-state index in [1.807, 2.05) is 43.3 Å². The molecule has 6 heteroatoms. The average Bonchev–Trinajstić information content (AvgIpc) is 3.22. The monoisotopic (exact) mass is 328 g/mol. The highest BCUT2D eigenvalue weighted by Crippen LogP contribution is 2.25. The van der Waals surface area contributed by atoms with Crippen LogP contribution in [-0.4, -0.2) is 18.0 Å². The van der Waals surface area contributed by atoms with E-state index in [0.29, 0.717) is 23.0 Å². The highest BCUT2D eigenvalue weighted by Gasteiger charge is 2.13. The van der Waals surface area contributed by atoms with E-state index in [2.05, 4.69) is 10.3 Å². The Kier molecular flexibility index (Phi) is 4.43. The number of aryl methyl sites for hydroxylation is 1. The molecule has 0 aliphatic heterocycles. The maximum absolute atomic E-state index is 12.2. The number of methoxy groups -OCH3 is 1. The van der Waals surface area contributed by atoms with Gasteiger partial charge in [0.1, 0.15) is 17.2 Å². The first-order valence-electron chi connectivity index (χ1n) is 7.09. The largest absolute Gasteiger partial charge is 0.497 e. The van der Waals surface area contributed by atoms with E-state index in [4.69, 9.17) is 9.15 Å². The quantitative estimate of drug-likeness (QED) is 0.776. The topological polar surface area (TPSA) is 64.4 Å². The second-order valence-corrected chi connectivity index (χ2v) is 5.84. The number of furan rings is 1. The standard InChI is InChI=1S/C17H16N2O3S/c1-11-3-8-15(22-11)17-19-14(10-23-17)16(20)18-9-12-4-6-13(21-2)7-5-12/h3-8,10H,9H2,1-2H3,(H,18,20). The lowest BCUT2D eigenvalue weighted by atomic mass is 10.2. The average molecular weight is 328 g/mol. The number of thiazole rings is 1. The van der Waals surface area contributed by atoms with Crippen molar-refractivity contribution < 1.29 is 13.9 Å². The van der Waals surface area contributed by atoms with Crippen LogP contribution >= 0.6 is 11.3 Å². The van der Waals surface area contributed by atoms with Gasteiger partial charge < -0.3 is 14.5 Å². The van der Waals surface area contributed by atoms with Crippen LogP contribution in [-0.2, 0) is 6.54 Å². The zero-order valence-corrected chi connectivity index (χ0v) is 13.6. The van der Waals surface area contributed by atoms with Crippen LogP contribution in [0.1, 0.15) is 21.8 Å². The lowest BCUT2D eigenvalue weighted by Gasteiger charge is -2.04. The SMILES string of the molecule is COc1ccc(CNC(=O)c2csc(-c3ccc(C)o3)n2)cc1. The van der Waals surface area contributed by atoms with Crippen molar-refractivity contribution in [2.24, 2.45) is 0 Å². The Morgan fingerprint density at radius 3 is 2.70 bits per heavy atom. The third-order valence-electron chi connectivity index (χ3n) is 3.30. The van der Waals surface area contributed by atoms with Crippen LogP contribution in [0.25, 0.3) is 10.8 Å². The van der Waals surface area contributed by atoms with E-state index in [0.717, 1.165) is 17.1 Å². The fraction of sp³-hybridized carbons (Fsp3) is 0.176. The molecule has 0 fully saturated rings. The summed E-state index contributed by atoms with van der Waals surface area (Å²) in [4.78, 5) is 16.5. The van der Waals surface area contributed by atoms with Crippen LogP contribution in [0.2, 0.25) is 0 Å². The molecule has 0 atom stereocenters. The third-order valence-corrected chi connectivity index (χ3v) is 4.16. The van der Waals surface area contributed by atoms with Crippen molar-refractivity contribution in [1.29, 1.82) is 0 Å². The lowest BCUT2D eigenvalue weighted by Crippen LogP contribution is -2.23. The van der Waals surface area contributed by atoms with Gasteiger partial charge in [0.05, 0.1) is 7.11 Å². The van der Waals surface area contributed by atoms with Gasteiger partial charge in [-0.3, -0.25) is 4.79 Å². The second kappa shape index (κ2) is 6.66. The fourth-order valence-corrected chi connectivity index (χ4v) is 2.82. The normalized spacial score (nSPS) is 10.5. The van der Waals surface area contributed by atoms with Crippen molar-refractivity contribution in [2.75, 3.05) is 7.11 Å². The number of ether oxygens (including phenoxy) is 1. The second-order valence-electron chi connectivity index (χ2n) is 4.98. The molecule has 3 rings (SSSR count). The van der Waals surface area contributed by atoms with Gasteiger partial charge in [0, 0.05) is 11.9 Å². The summed E-state index contributed by atoms with van der Waals surface area (Å²) in [6.45, 7) is 2.31. The Balaban J connectivity index is 1.63. The van der Waals surface area contributed by atoms with Crippen molar-refractivity contribution in [3.05, 3.63) is 58.8 Å². The van der Waals surface area contributed by atoms with Crippen molar-refractivity contribution in [1.82, 2.24) is 10.3 Å². The van der Waals surface area contributed by atoms with Gasteiger partial charge in [-0.15, -0.1) is 11.3 Å². The molecule has 1 amide bonds. The summed E-state index contributed by atoms with van der Waals surface area (Å²) < 4.78 is 10.6. The first-order valence-corrected chi connectivity index (χ1v) is 7.97. The molecule has 0 spiro atoms. The summed E-state index contributed by atoms with van der Waals surface area (Å²) >= 11 is 1.39. The van der Waals surface area contributed by atoms with Gasteiger partial charge in [-0.2, -0.15) is 0 Å². The van der Waals surface area contributed by atoms with Crippen molar-refractivity contribution in [3.63, 3.8) is 0 Å². The van der Waals surface area contributed by atoms with Gasteiger partial charge >= 0.3 is 0 Å². The Morgan fingerprint density at radius 1 is 1.26 bits per heavy atom. The molecule has 3 aromatic rings. The zero-order valence-electron chi connectivity index (χ0n) is 12.8. The van der Waals surface area contributed by atoms with Crippen LogP contribution in [0, 0.1) is 6.92 Å². The number of nitrogens with one attached hydrogen (secondary N) is 1. The summed E-state index contributed by atoms with van der Waals surface area (Å²) in [5, 5.41) is 5.29. The number of amides is 1. The summed E-state index contributed by atoms with van der Waals surface area (Å²) in [5.74, 6) is 2.09. The first kappa shape index (κ1) is 15.3. The summed E-state index contributed by atoms with van der Waals surface area (Å²) in [6, 6.07) is 11.3. The Morgan fingerprint density at radius 2 is 2.04 bits per heavy atom. The van der Waals surface area contributed by atoms with Gasteiger partial charge in [-0.05, 0) is 36.8 Å². The van der Waals surface area contributed by atoms with E-state index in [-0.39, 0.29) is 5.91 Å². The molecule has 0 unspecified atom stereocenters. The molecule has 1 N–H and O–H groups in total. The molecule has 0 saturated heterocycles. The Bertz CT molecular complexity index is 805. The fourth-order valence-electron chi connectivity index (χ4n) is 2.06. The molecular formula is C17H16N2O3S. The van der Waals surface area contributed by atoms with Crippen LogP contribution < -0.4 is 10.1 Å². The van der Waals surface area contributed by atoms with Crippen LogP contribution in [0.5, 0.6) is 5.75 Å². The number of carbonyl (C=O) groups is 1. The molecule has 0 radical (unpaired) electrons. The molecular weight excluding hydrogens is 312 g/mol. The molecule has 1 aromatic carbocycles. The Hall–Kier alpha value is -2.60. The maximum Gasteiger partial charge on any atom is 0.271 e. The van der Waals surface area contributed by atoms with Crippen molar-refractivity contribution >= 4 is 17.2 Å². The van der Waals surface area contributed by atoms with E-state index < -0.39 is 0 Å². The van der Waals surface area contributed by atoms with Gasteiger partial charge in [0.15, 0.2) is 10.8 Å².